The Morgan fingerprint density at radius 2 is 2.21 bits per heavy atom. The van der Waals surface area contributed by atoms with Crippen LogP contribution in [0.4, 0.5) is 5.69 Å². The average Bonchev–Trinajstić information content (AvgIpc) is 2.95. The second-order valence-electron chi connectivity index (χ2n) is 5.85. The van der Waals surface area contributed by atoms with Crippen molar-refractivity contribution in [3.8, 4) is 5.75 Å². The van der Waals surface area contributed by atoms with Gasteiger partial charge in [0.05, 0.1) is 10.7 Å². The van der Waals surface area contributed by atoms with E-state index in [1.54, 1.807) is 6.07 Å². The lowest BCUT2D eigenvalue weighted by Gasteiger charge is -2.21. The molecule has 0 spiro atoms. The summed E-state index contributed by atoms with van der Waals surface area (Å²) in [6, 6.07) is 4.60. The molecular weight excluding hydrogens is 262 g/mol. The van der Waals surface area contributed by atoms with Crippen molar-refractivity contribution in [2.75, 3.05) is 5.32 Å². The van der Waals surface area contributed by atoms with Crippen LogP contribution in [0.2, 0.25) is 5.02 Å². The van der Waals surface area contributed by atoms with E-state index in [0.29, 0.717) is 23.0 Å². The molecule has 2 aliphatic carbocycles. The minimum Gasteiger partial charge on any atom is -0.508 e. The number of halogens is 1. The van der Waals surface area contributed by atoms with Gasteiger partial charge in [0.1, 0.15) is 5.75 Å². The third kappa shape index (κ3) is 2.71. The fourth-order valence-electron chi connectivity index (χ4n) is 3.67. The number of hydrogen-bond acceptors (Lipinski definition) is 2. The topological polar surface area (TPSA) is 49.3 Å². The molecule has 0 aliphatic heterocycles. The van der Waals surface area contributed by atoms with E-state index >= 15 is 0 Å². The summed E-state index contributed by atoms with van der Waals surface area (Å²) >= 11 is 5.98. The summed E-state index contributed by atoms with van der Waals surface area (Å²) in [7, 11) is 0. The number of phenols is 1. The number of anilines is 1. The van der Waals surface area contributed by atoms with Gasteiger partial charge in [-0.1, -0.05) is 18.0 Å². The van der Waals surface area contributed by atoms with Gasteiger partial charge in [-0.25, -0.2) is 0 Å². The Kier molecular flexibility index (Phi) is 3.40. The lowest BCUT2D eigenvalue weighted by Crippen LogP contribution is -2.20. The Bertz CT molecular complexity index is 503. The monoisotopic (exact) mass is 279 g/mol. The Morgan fingerprint density at radius 3 is 2.84 bits per heavy atom. The second kappa shape index (κ2) is 5.04. The predicted molar refractivity (Wildman–Crippen MR) is 75.3 cm³/mol. The minimum atomic E-state index is 0.0325. The highest BCUT2D eigenvalue weighted by Crippen LogP contribution is 2.49. The molecule has 3 rings (SSSR count). The van der Waals surface area contributed by atoms with Gasteiger partial charge in [-0.3, -0.25) is 4.79 Å². The Labute approximate surface area is 118 Å². The maximum Gasteiger partial charge on any atom is 0.224 e. The fraction of sp³-hybridized carbons (Fsp3) is 0.533. The molecule has 0 radical (unpaired) electrons. The minimum absolute atomic E-state index is 0.0325. The predicted octanol–water partition coefficient (Wildman–Crippen LogP) is 3.81. The number of benzene rings is 1. The Morgan fingerprint density at radius 1 is 1.37 bits per heavy atom. The second-order valence-corrected chi connectivity index (χ2v) is 6.26. The molecule has 2 saturated carbocycles. The summed E-state index contributed by atoms with van der Waals surface area (Å²) in [6.45, 7) is 0. The van der Waals surface area contributed by atoms with Crippen LogP contribution in [0, 0.1) is 17.8 Å². The number of amides is 1. The summed E-state index contributed by atoms with van der Waals surface area (Å²) in [5.41, 5.74) is 0.577. The van der Waals surface area contributed by atoms with E-state index in [1.165, 1.54) is 37.8 Å². The first kappa shape index (κ1) is 12.8. The first-order valence-electron chi connectivity index (χ1n) is 6.90. The summed E-state index contributed by atoms with van der Waals surface area (Å²) in [4.78, 5) is 12.0. The van der Waals surface area contributed by atoms with Crippen molar-refractivity contribution in [1.82, 2.24) is 0 Å². The molecule has 102 valence electrons. The number of hydrogen-bond donors (Lipinski definition) is 2. The van der Waals surface area contributed by atoms with Crippen molar-refractivity contribution in [3.63, 3.8) is 0 Å². The van der Waals surface area contributed by atoms with Gasteiger partial charge in [-0.2, -0.15) is 0 Å². The van der Waals surface area contributed by atoms with Crippen LogP contribution >= 0.6 is 11.6 Å². The lowest BCUT2D eigenvalue weighted by molar-refractivity contribution is -0.117. The van der Waals surface area contributed by atoms with Crippen molar-refractivity contribution in [3.05, 3.63) is 23.2 Å². The summed E-state index contributed by atoms with van der Waals surface area (Å²) < 4.78 is 0. The van der Waals surface area contributed by atoms with Gasteiger partial charge in [0.15, 0.2) is 0 Å². The van der Waals surface area contributed by atoms with Gasteiger partial charge in [0.25, 0.3) is 0 Å². The van der Waals surface area contributed by atoms with E-state index in [9.17, 15) is 9.90 Å². The molecule has 2 fully saturated rings. The van der Waals surface area contributed by atoms with Gasteiger partial charge in [-0.05, 0) is 49.1 Å². The van der Waals surface area contributed by atoms with Crippen LogP contribution in [0.15, 0.2) is 18.2 Å². The molecule has 2 bridgehead atoms. The van der Waals surface area contributed by atoms with E-state index in [0.717, 1.165) is 11.8 Å². The average molecular weight is 280 g/mol. The highest BCUT2D eigenvalue weighted by molar-refractivity contribution is 6.33. The van der Waals surface area contributed by atoms with Gasteiger partial charge in [-0.15, -0.1) is 0 Å². The zero-order valence-electron chi connectivity index (χ0n) is 10.7. The van der Waals surface area contributed by atoms with Crippen LogP contribution in [0.3, 0.4) is 0 Å². The molecule has 1 aromatic carbocycles. The van der Waals surface area contributed by atoms with Gasteiger partial charge in [0, 0.05) is 12.5 Å². The smallest absolute Gasteiger partial charge is 0.224 e. The molecule has 1 amide bonds. The summed E-state index contributed by atoms with van der Waals surface area (Å²) in [6.07, 6.45) is 5.77. The third-order valence-corrected chi connectivity index (χ3v) is 4.87. The largest absolute Gasteiger partial charge is 0.508 e. The van der Waals surface area contributed by atoms with Crippen LogP contribution in [0.25, 0.3) is 0 Å². The molecule has 3 nitrogen and oxygen atoms in total. The maximum absolute atomic E-state index is 12.0. The molecule has 2 N–H and O–H groups in total. The third-order valence-electron chi connectivity index (χ3n) is 4.56. The summed E-state index contributed by atoms with van der Waals surface area (Å²) in [5.74, 6) is 2.31. The number of carbonyl (C=O) groups excluding carboxylic acids is 1. The van der Waals surface area contributed by atoms with Gasteiger partial charge >= 0.3 is 0 Å². The zero-order valence-corrected chi connectivity index (χ0v) is 11.5. The van der Waals surface area contributed by atoms with E-state index in [-0.39, 0.29) is 11.7 Å². The number of fused-ring (bicyclic) bond motifs is 2. The van der Waals surface area contributed by atoms with E-state index in [2.05, 4.69) is 5.32 Å². The molecule has 3 atom stereocenters. The number of carbonyl (C=O) groups is 1. The zero-order chi connectivity index (χ0) is 13.4. The van der Waals surface area contributed by atoms with Crippen LogP contribution in [0.1, 0.15) is 32.1 Å². The van der Waals surface area contributed by atoms with Crippen LogP contribution < -0.4 is 5.32 Å². The number of nitrogens with one attached hydrogen (secondary N) is 1. The van der Waals surface area contributed by atoms with Crippen LogP contribution in [-0.2, 0) is 4.79 Å². The van der Waals surface area contributed by atoms with Crippen molar-refractivity contribution in [1.29, 1.82) is 0 Å². The molecule has 19 heavy (non-hydrogen) atoms. The SMILES string of the molecule is O=C(CC1CC2CCC1C2)Nc1ccc(O)cc1Cl. The van der Waals surface area contributed by atoms with Gasteiger partial charge < -0.3 is 10.4 Å². The molecule has 0 heterocycles. The number of rotatable bonds is 3. The first-order valence-corrected chi connectivity index (χ1v) is 7.28. The van der Waals surface area contributed by atoms with E-state index < -0.39 is 0 Å². The van der Waals surface area contributed by atoms with E-state index in [1.807, 2.05) is 0 Å². The highest BCUT2D eigenvalue weighted by atomic mass is 35.5. The van der Waals surface area contributed by atoms with Crippen molar-refractivity contribution in [2.45, 2.75) is 32.1 Å². The molecule has 3 unspecified atom stereocenters. The van der Waals surface area contributed by atoms with E-state index in [4.69, 9.17) is 11.6 Å². The van der Waals surface area contributed by atoms with Crippen LogP contribution in [-0.4, -0.2) is 11.0 Å². The molecule has 1 aromatic rings. The Hall–Kier alpha value is -1.22. The van der Waals surface area contributed by atoms with Crippen LogP contribution in [0.5, 0.6) is 5.75 Å². The summed E-state index contributed by atoms with van der Waals surface area (Å²) in [5, 5.41) is 12.5. The highest BCUT2D eigenvalue weighted by Gasteiger charge is 2.40. The van der Waals surface area contributed by atoms with Crippen molar-refractivity contribution in [2.24, 2.45) is 17.8 Å². The molecule has 0 aromatic heterocycles. The molecule has 2 aliphatic rings. The van der Waals surface area contributed by atoms with Crippen molar-refractivity contribution >= 4 is 23.2 Å². The lowest BCUT2D eigenvalue weighted by atomic mass is 9.86. The quantitative estimate of drug-likeness (QED) is 0.827. The van der Waals surface area contributed by atoms with Gasteiger partial charge in [0.2, 0.25) is 5.91 Å². The maximum atomic E-state index is 12.0. The fourth-order valence-corrected chi connectivity index (χ4v) is 3.89. The van der Waals surface area contributed by atoms with Crippen molar-refractivity contribution < 1.29 is 9.90 Å². The molecule has 0 saturated heterocycles. The standard InChI is InChI=1S/C15H18ClNO2/c16-13-8-12(18)3-4-14(13)17-15(19)7-11-6-9-1-2-10(11)5-9/h3-4,8-11,18H,1-2,5-7H2,(H,17,19). The molecular formula is C15H18ClNO2. The first-order chi connectivity index (χ1) is 9.11. The Balaban J connectivity index is 1.59. The number of aromatic hydroxyl groups is 1. The normalized spacial score (nSPS) is 28.6. The molecule has 4 heteroatoms. The number of phenolic OH excluding ortho intramolecular Hbond substituents is 1.